The minimum absolute atomic E-state index is 0.0804. The van der Waals surface area contributed by atoms with Crippen molar-refractivity contribution in [2.45, 2.75) is 38.0 Å². The van der Waals surface area contributed by atoms with Crippen molar-refractivity contribution in [1.29, 1.82) is 0 Å². The van der Waals surface area contributed by atoms with Gasteiger partial charge in [-0.05, 0) is 58.9 Å². The highest BCUT2D eigenvalue weighted by molar-refractivity contribution is 4.78. The van der Waals surface area contributed by atoms with Gasteiger partial charge in [-0.2, -0.15) is 0 Å². The summed E-state index contributed by atoms with van der Waals surface area (Å²) in [6.45, 7) is 2.98. The van der Waals surface area contributed by atoms with Crippen LogP contribution in [0, 0.1) is 5.92 Å². The number of halogens is 2. The van der Waals surface area contributed by atoms with Crippen LogP contribution in [-0.4, -0.2) is 44.6 Å². The Kier molecular flexibility index (Phi) is 5.62. The second-order valence-electron chi connectivity index (χ2n) is 5.16. The normalized spacial score (nSPS) is 21.6. The minimum Gasteiger partial charge on any atom is -0.316 e. The molecule has 0 atom stereocenters. The highest BCUT2D eigenvalue weighted by Gasteiger charge is 2.34. The van der Waals surface area contributed by atoms with Gasteiger partial charge >= 0.3 is 0 Å². The van der Waals surface area contributed by atoms with Gasteiger partial charge in [-0.3, -0.25) is 0 Å². The molecule has 96 valence electrons. The van der Waals surface area contributed by atoms with Crippen molar-refractivity contribution in [3.63, 3.8) is 0 Å². The van der Waals surface area contributed by atoms with E-state index >= 15 is 0 Å². The van der Waals surface area contributed by atoms with Crippen LogP contribution in [0.2, 0.25) is 0 Å². The largest absolute Gasteiger partial charge is 0.316 e. The predicted molar refractivity (Wildman–Crippen MR) is 62.9 cm³/mol. The fraction of sp³-hybridized carbons (Fsp3) is 1.00. The third-order valence-corrected chi connectivity index (χ3v) is 3.23. The molecule has 4 heteroatoms. The highest BCUT2D eigenvalue weighted by atomic mass is 19.3. The average molecular weight is 234 g/mol. The molecule has 0 aromatic heterocycles. The molecule has 0 aromatic rings. The summed E-state index contributed by atoms with van der Waals surface area (Å²) in [5.41, 5.74) is 0. The van der Waals surface area contributed by atoms with Gasteiger partial charge in [-0.25, -0.2) is 8.78 Å². The van der Waals surface area contributed by atoms with Crippen molar-refractivity contribution in [3.05, 3.63) is 0 Å². The van der Waals surface area contributed by atoms with E-state index in [0.717, 1.165) is 26.1 Å². The predicted octanol–water partition coefficient (Wildman–Crippen LogP) is 2.35. The van der Waals surface area contributed by atoms with Crippen molar-refractivity contribution in [2.24, 2.45) is 5.92 Å². The lowest BCUT2D eigenvalue weighted by Crippen LogP contribution is -2.32. The first-order valence-corrected chi connectivity index (χ1v) is 6.23. The molecule has 0 radical (unpaired) electrons. The van der Waals surface area contributed by atoms with E-state index in [9.17, 15) is 8.78 Å². The topological polar surface area (TPSA) is 15.3 Å². The molecule has 1 fully saturated rings. The van der Waals surface area contributed by atoms with Crippen molar-refractivity contribution in [2.75, 3.05) is 33.7 Å². The molecule has 1 rings (SSSR count). The quantitative estimate of drug-likeness (QED) is 0.710. The number of rotatable bonds is 6. The summed E-state index contributed by atoms with van der Waals surface area (Å²) < 4.78 is 25.8. The molecule has 0 aromatic carbocycles. The van der Waals surface area contributed by atoms with Crippen LogP contribution in [0.3, 0.4) is 0 Å². The molecule has 0 aliphatic heterocycles. The molecule has 1 aliphatic rings. The Labute approximate surface area is 97.4 Å². The number of nitrogens with one attached hydrogen (secondary N) is 1. The summed E-state index contributed by atoms with van der Waals surface area (Å²) in [5.74, 6) is -1.93. The molecular formula is C12H24F2N2. The number of alkyl halides is 2. The first kappa shape index (κ1) is 13.8. The molecule has 1 aliphatic carbocycles. The van der Waals surface area contributed by atoms with Crippen molar-refractivity contribution in [1.82, 2.24) is 10.2 Å². The molecule has 0 bridgehead atoms. The summed E-state index contributed by atoms with van der Waals surface area (Å²) >= 11 is 0. The minimum atomic E-state index is -2.39. The van der Waals surface area contributed by atoms with E-state index in [1.807, 2.05) is 0 Å². The van der Waals surface area contributed by atoms with Crippen molar-refractivity contribution >= 4 is 0 Å². The molecule has 1 N–H and O–H groups in total. The lowest BCUT2D eigenvalue weighted by atomic mass is 9.87. The molecule has 0 saturated heterocycles. The molecule has 2 nitrogen and oxygen atoms in total. The Morgan fingerprint density at radius 3 is 2.44 bits per heavy atom. The summed E-state index contributed by atoms with van der Waals surface area (Å²) in [6, 6.07) is 0. The van der Waals surface area contributed by atoms with Gasteiger partial charge in [0.05, 0.1) is 0 Å². The highest BCUT2D eigenvalue weighted by Crippen LogP contribution is 2.35. The van der Waals surface area contributed by atoms with Crippen LogP contribution in [0.25, 0.3) is 0 Å². The van der Waals surface area contributed by atoms with Gasteiger partial charge in [-0.15, -0.1) is 0 Å². The van der Waals surface area contributed by atoms with E-state index in [2.05, 4.69) is 24.3 Å². The third-order valence-electron chi connectivity index (χ3n) is 3.23. The zero-order chi connectivity index (χ0) is 12.0. The van der Waals surface area contributed by atoms with E-state index < -0.39 is 5.92 Å². The Bertz CT molecular complexity index is 185. The summed E-state index contributed by atoms with van der Waals surface area (Å²) in [4.78, 5) is 2.16. The molecule has 0 spiro atoms. The van der Waals surface area contributed by atoms with E-state index in [1.54, 1.807) is 0 Å². The van der Waals surface area contributed by atoms with Crippen LogP contribution < -0.4 is 5.32 Å². The first-order chi connectivity index (χ1) is 7.49. The van der Waals surface area contributed by atoms with Gasteiger partial charge in [-0.1, -0.05) is 0 Å². The molecule has 0 heterocycles. The summed E-state index contributed by atoms with van der Waals surface area (Å²) in [7, 11) is 4.12. The van der Waals surface area contributed by atoms with E-state index in [1.165, 1.54) is 0 Å². The Balaban J connectivity index is 1.98. The maximum atomic E-state index is 12.9. The van der Waals surface area contributed by atoms with Crippen LogP contribution >= 0.6 is 0 Å². The maximum Gasteiger partial charge on any atom is 0.248 e. The average Bonchev–Trinajstić information content (AvgIpc) is 2.19. The van der Waals surface area contributed by atoms with Crippen molar-refractivity contribution in [3.8, 4) is 0 Å². The SMILES string of the molecule is CN(C)CCCNCC1CCC(F)(F)CC1. The van der Waals surface area contributed by atoms with Gasteiger partial charge in [0.2, 0.25) is 5.92 Å². The number of hydrogen-bond acceptors (Lipinski definition) is 2. The standard InChI is InChI=1S/C12H24F2N2/c1-16(2)9-3-8-15-10-11-4-6-12(13,14)7-5-11/h11,15H,3-10H2,1-2H3. The smallest absolute Gasteiger partial charge is 0.248 e. The zero-order valence-electron chi connectivity index (χ0n) is 10.4. The molecule has 1 saturated carbocycles. The molecule has 0 unspecified atom stereocenters. The van der Waals surface area contributed by atoms with Crippen LogP contribution in [0.15, 0.2) is 0 Å². The first-order valence-electron chi connectivity index (χ1n) is 6.23. The van der Waals surface area contributed by atoms with E-state index in [-0.39, 0.29) is 12.8 Å². The van der Waals surface area contributed by atoms with Gasteiger partial charge in [0.1, 0.15) is 0 Å². The number of nitrogens with zero attached hydrogens (tertiary/aromatic N) is 1. The summed E-state index contributed by atoms with van der Waals surface area (Å²) in [5, 5.41) is 3.37. The lowest BCUT2D eigenvalue weighted by Gasteiger charge is -2.28. The summed E-state index contributed by atoms with van der Waals surface area (Å²) in [6.07, 6.45) is 2.63. The third kappa shape index (κ3) is 5.75. The molecule has 0 amide bonds. The monoisotopic (exact) mass is 234 g/mol. The van der Waals surface area contributed by atoms with Gasteiger partial charge in [0.25, 0.3) is 0 Å². The van der Waals surface area contributed by atoms with Crippen LogP contribution in [0.4, 0.5) is 8.78 Å². The second kappa shape index (κ2) is 6.50. The molecular weight excluding hydrogens is 210 g/mol. The van der Waals surface area contributed by atoms with E-state index in [0.29, 0.717) is 18.8 Å². The lowest BCUT2D eigenvalue weighted by molar-refractivity contribution is -0.0454. The van der Waals surface area contributed by atoms with E-state index in [4.69, 9.17) is 0 Å². The fourth-order valence-corrected chi connectivity index (χ4v) is 2.13. The molecule has 16 heavy (non-hydrogen) atoms. The second-order valence-corrected chi connectivity index (χ2v) is 5.16. The van der Waals surface area contributed by atoms with Gasteiger partial charge in [0.15, 0.2) is 0 Å². The zero-order valence-corrected chi connectivity index (χ0v) is 10.4. The Morgan fingerprint density at radius 2 is 1.88 bits per heavy atom. The number of hydrogen-bond donors (Lipinski definition) is 1. The van der Waals surface area contributed by atoms with Gasteiger partial charge < -0.3 is 10.2 Å². The Hall–Kier alpha value is -0.220. The van der Waals surface area contributed by atoms with Crippen LogP contribution in [-0.2, 0) is 0 Å². The van der Waals surface area contributed by atoms with Crippen molar-refractivity contribution < 1.29 is 8.78 Å². The Morgan fingerprint density at radius 1 is 1.25 bits per heavy atom. The van der Waals surface area contributed by atoms with Crippen LogP contribution in [0.5, 0.6) is 0 Å². The maximum absolute atomic E-state index is 12.9. The van der Waals surface area contributed by atoms with Gasteiger partial charge in [0, 0.05) is 12.8 Å². The fourth-order valence-electron chi connectivity index (χ4n) is 2.13. The van der Waals surface area contributed by atoms with Crippen LogP contribution in [0.1, 0.15) is 32.1 Å².